The van der Waals surface area contributed by atoms with Crippen molar-refractivity contribution in [2.75, 3.05) is 6.16 Å². The summed E-state index contributed by atoms with van der Waals surface area (Å²) in [5, 5.41) is 4.34. The van der Waals surface area contributed by atoms with Crippen LogP contribution in [0.3, 0.4) is 0 Å². The summed E-state index contributed by atoms with van der Waals surface area (Å²) in [6.07, 6.45) is 3.34. The Hall–Kier alpha value is -2.17. The minimum absolute atomic E-state index is 1.08. The van der Waals surface area contributed by atoms with Gasteiger partial charge in [-0.25, -0.2) is 0 Å². The van der Waals surface area contributed by atoms with Crippen molar-refractivity contribution in [1.82, 2.24) is 0 Å². The molecule has 0 heterocycles. The molecule has 0 bridgehead atoms. The first-order valence-corrected chi connectivity index (χ1v) is 10.4. The van der Waals surface area contributed by atoms with Crippen molar-refractivity contribution < 1.29 is 0 Å². The van der Waals surface area contributed by atoms with Gasteiger partial charge in [0.2, 0.25) is 0 Å². The second-order valence-corrected chi connectivity index (χ2v) is 9.59. The van der Waals surface area contributed by atoms with Crippen LogP contribution in [0.5, 0.6) is 0 Å². The Balaban J connectivity index is 2.32. The van der Waals surface area contributed by atoms with E-state index in [2.05, 4.69) is 111 Å². The van der Waals surface area contributed by atoms with Crippen LogP contribution in [0.25, 0.3) is 0 Å². The van der Waals surface area contributed by atoms with Gasteiger partial charge in [-0.3, -0.25) is 0 Å². The van der Waals surface area contributed by atoms with E-state index in [1.807, 2.05) is 0 Å². The van der Waals surface area contributed by atoms with Gasteiger partial charge < -0.3 is 0 Å². The van der Waals surface area contributed by atoms with Crippen molar-refractivity contribution in [1.29, 1.82) is 0 Å². The van der Waals surface area contributed by atoms with E-state index in [1.54, 1.807) is 0 Å². The van der Waals surface area contributed by atoms with E-state index in [0.717, 1.165) is 6.16 Å². The Labute approximate surface area is 146 Å². The van der Waals surface area contributed by atoms with Crippen molar-refractivity contribution in [2.45, 2.75) is 13.8 Å². The summed E-state index contributed by atoms with van der Waals surface area (Å²) in [4.78, 5) is 0. The van der Waals surface area contributed by atoms with Gasteiger partial charge in [0.05, 0.1) is 6.16 Å². The number of hydrogen-bond donors (Lipinski definition) is 0. The minimum atomic E-state index is -1.69. The van der Waals surface area contributed by atoms with E-state index in [0.29, 0.717) is 0 Å². The number of rotatable bonds is 5. The Morgan fingerprint density at radius 2 is 1.00 bits per heavy atom. The van der Waals surface area contributed by atoms with Gasteiger partial charge in [0.1, 0.15) is 23.2 Å². The fourth-order valence-electron chi connectivity index (χ4n) is 3.23. The molecule has 0 saturated carbocycles. The van der Waals surface area contributed by atoms with E-state index < -0.39 is 7.26 Å². The Bertz CT molecular complexity index is 693. The van der Waals surface area contributed by atoms with Crippen molar-refractivity contribution in [3.63, 3.8) is 0 Å². The zero-order valence-corrected chi connectivity index (χ0v) is 15.3. The summed E-state index contributed by atoms with van der Waals surface area (Å²) in [5.74, 6) is 0. The van der Waals surface area contributed by atoms with Gasteiger partial charge in [-0.15, -0.1) is 0 Å². The largest absolute Gasteiger partial charge is 0.116 e. The van der Waals surface area contributed by atoms with Gasteiger partial charge in [0.15, 0.2) is 0 Å². The van der Waals surface area contributed by atoms with Crippen LogP contribution in [0.4, 0.5) is 0 Å². The first kappa shape index (κ1) is 16.7. The molecule has 1 heteroatoms. The van der Waals surface area contributed by atoms with Gasteiger partial charge in [0.25, 0.3) is 0 Å². The number of benzene rings is 3. The van der Waals surface area contributed by atoms with Crippen molar-refractivity contribution in [2.24, 2.45) is 0 Å². The molecule has 0 amide bonds. The molecule has 3 rings (SSSR count). The summed E-state index contributed by atoms with van der Waals surface area (Å²) in [7, 11) is -1.69. The van der Waals surface area contributed by atoms with Crippen LogP contribution in [0.15, 0.2) is 103 Å². The average molecular weight is 331 g/mol. The van der Waals surface area contributed by atoms with Crippen molar-refractivity contribution >= 4 is 23.2 Å². The smallest absolute Gasteiger partial charge is 0.0851 e. The molecule has 0 aliphatic rings. The number of allylic oxidation sites excluding steroid dienone is 2. The molecule has 0 fully saturated rings. The van der Waals surface area contributed by atoms with E-state index in [4.69, 9.17) is 0 Å². The maximum absolute atomic E-state index is 2.30. The molecule has 0 saturated heterocycles. The first-order valence-electron chi connectivity index (χ1n) is 8.44. The Kier molecular flexibility index (Phi) is 5.28. The molecule has 0 aromatic heterocycles. The summed E-state index contributed by atoms with van der Waals surface area (Å²) in [5.41, 5.74) is 1.44. The molecule has 0 N–H and O–H groups in total. The van der Waals surface area contributed by atoms with Gasteiger partial charge in [-0.1, -0.05) is 60.7 Å². The summed E-state index contributed by atoms with van der Waals surface area (Å²) in [6, 6.07) is 33.1. The van der Waals surface area contributed by atoms with E-state index >= 15 is 0 Å². The van der Waals surface area contributed by atoms with Crippen LogP contribution < -0.4 is 15.9 Å². The Morgan fingerprint density at radius 3 is 1.29 bits per heavy atom. The summed E-state index contributed by atoms with van der Waals surface area (Å²) >= 11 is 0. The highest BCUT2D eigenvalue weighted by Gasteiger charge is 2.45. The molecule has 0 aliphatic carbocycles. The normalized spacial score (nSPS) is 12.2. The highest BCUT2D eigenvalue weighted by Crippen LogP contribution is 2.56. The molecule has 0 radical (unpaired) electrons. The first-order chi connectivity index (χ1) is 11.8. The third kappa shape index (κ3) is 3.21. The lowest BCUT2D eigenvalue weighted by Crippen LogP contribution is -2.33. The summed E-state index contributed by atoms with van der Waals surface area (Å²) in [6.45, 7) is 4.40. The molecule has 0 atom stereocenters. The predicted molar refractivity (Wildman–Crippen MR) is 109 cm³/mol. The topological polar surface area (TPSA) is 0 Å². The second kappa shape index (κ2) is 7.60. The molecular formula is C23H24P+. The molecule has 0 spiro atoms. The zero-order valence-electron chi connectivity index (χ0n) is 14.4. The lowest BCUT2D eigenvalue weighted by molar-refractivity contribution is 1.36. The second-order valence-electron chi connectivity index (χ2n) is 6.11. The van der Waals surface area contributed by atoms with Crippen LogP contribution in [-0.2, 0) is 0 Å². The molecule has 0 unspecified atom stereocenters. The monoisotopic (exact) mass is 331 g/mol. The van der Waals surface area contributed by atoms with Crippen LogP contribution in [-0.4, -0.2) is 6.16 Å². The lowest BCUT2D eigenvalue weighted by atomic mass is 10.3. The highest BCUT2D eigenvalue weighted by atomic mass is 31.2. The molecular weight excluding hydrogens is 307 g/mol. The Morgan fingerprint density at radius 1 is 0.667 bits per heavy atom. The van der Waals surface area contributed by atoms with Crippen LogP contribution in [0, 0.1) is 0 Å². The molecule has 3 aromatic rings. The molecule has 120 valence electrons. The molecule has 0 nitrogen and oxygen atoms in total. The fraction of sp³-hybridized carbons (Fsp3) is 0.130. The zero-order chi connectivity index (χ0) is 16.8. The lowest BCUT2D eigenvalue weighted by Gasteiger charge is -2.28. The molecule has 0 aliphatic heterocycles. The minimum Gasteiger partial charge on any atom is -0.0851 e. The summed E-state index contributed by atoms with van der Waals surface area (Å²) < 4.78 is 0. The average Bonchev–Trinajstić information content (AvgIpc) is 2.68. The van der Waals surface area contributed by atoms with Crippen LogP contribution >= 0.6 is 7.26 Å². The van der Waals surface area contributed by atoms with Crippen LogP contribution in [0.1, 0.15) is 13.8 Å². The van der Waals surface area contributed by atoms with E-state index in [1.165, 1.54) is 21.5 Å². The SMILES string of the molecule is C/C=C(/C)C[P+](c1ccccc1)(c1ccccc1)c1ccccc1. The standard InChI is InChI=1S/C23H24P/c1-3-20(2)19-24(21-13-7-4-8-14-21,22-15-9-5-10-16-22)23-17-11-6-12-18-23/h3-18H,19H2,1-2H3/q+1/b20-3-. The van der Waals surface area contributed by atoms with E-state index in [9.17, 15) is 0 Å². The van der Waals surface area contributed by atoms with Crippen LogP contribution in [0.2, 0.25) is 0 Å². The van der Waals surface area contributed by atoms with Gasteiger partial charge in [0, 0.05) is 0 Å². The third-order valence-corrected chi connectivity index (χ3v) is 9.08. The fourth-order valence-corrected chi connectivity index (χ4v) is 7.65. The maximum atomic E-state index is 2.30. The van der Waals surface area contributed by atoms with E-state index in [-0.39, 0.29) is 0 Å². The van der Waals surface area contributed by atoms with Gasteiger partial charge >= 0.3 is 0 Å². The maximum Gasteiger partial charge on any atom is 0.116 e. The highest BCUT2D eigenvalue weighted by molar-refractivity contribution is 7.95. The van der Waals surface area contributed by atoms with Gasteiger partial charge in [-0.05, 0) is 55.8 Å². The number of hydrogen-bond acceptors (Lipinski definition) is 0. The third-order valence-electron chi connectivity index (χ3n) is 4.57. The molecule has 24 heavy (non-hydrogen) atoms. The van der Waals surface area contributed by atoms with Crippen molar-refractivity contribution in [3.8, 4) is 0 Å². The predicted octanol–water partition coefficient (Wildman–Crippen LogP) is 4.95. The van der Waals surface area contributed by atoms with Gasteiger partial charge in [-0.2, -0.15) is 0 Å². The van der Waals surface area contributed by atoms with Crippen molar-refractivity contribution in [3.05, 3.63) is 103 Å². The molecule has 3 aromatic carbocycles. The quantitative estimate of drug-likeness (QED) is 0.458.